The Morgan fingerprint density at radius 3 is 2.44 bits per heavy atom. The van der Waals surface area contributed by atoms with Crippen molar-refractivity contribution in [3.05, 3.63) is 58.1 Å². The molecule has 2 N–H and O–H groups in total. The van der Waals surface area contributed by atoms with Crippen molar-refractivity contribution in [2.75, 3.05) is 5.43 Å². The quantitative estimate of drug-likeness (QED) is 0.655. The van der Waals surface area contributed by atoms with Gasteiger partial charge in [-0.3, -0.25) is 5.43 Å². The molecule has 0 aliphatic carbocycles. The van der Waals surface area contributed by atoms with Crippen LogP contribution in [-0.2, 0) is 0 Å². The Kier molecular flexibility index (Phi) is 4.07. The first kappa shape index (κ1) is 12.7. The minimum atomic E-state index is 0.0551. The summed E-state index contributed by atoms with van der Waals surface area (Å²) in [4.78, 5) is 0. The average Bonchev–Trinajstić information content (AvgIpc) is 2.36. The molecule has 18 heavy (non-hydrogen) atoms. The maximum Gasteiger partial charge on any atom is 0.134 e. The van der Waals surface area contributed by atoms with E-state index in [9.17, 15) is 5.11 Å². The molecule has 2 aromatic rings. The molecule has 5 heteroatoms. The fourth-order valence-corrected chi connectivity index (χ4v) is 1.62. The van der Waals surface area contributed by atoms with Crippen LogP contribution in [-0.4, -0.2) is 11.3 Å². The summed E-state index contributed by atoms with van der Waals surface area (Å²) in [5.74, 6) is 0.0551. The first-order valence-corrected chi connectivity index (χ1v) is 5.94. The van der Waals surface area contributed by atoms with Crippen LogP contribution in [0.25, 0.3) is 0 Å². The molecule has 0 saturated heterocycles. The molecule has 0 spiro atoms. The van der Waals surface area contributed by atoms with Crippen molar-refractivity contribution >= 4 is 35.1 Å². The number of hydrogen-bond acceptors (Lipinski definition) is 3. The number of hydrogen-bond donors (Lipinski definition) is 2. The van der Waals surface area contributed by atoms with Gasteiger partial charge in [0.2, 0.25) is 0 Å². The van der Waals surface area contributed by atoms with E-state index in [1.165, 1.54) is 6.07 Å². The van der Waals surface area contributed by atoms with Crippen LogP contribution in [0.3, 0.4) is 0 Å². The summed E-state index contributed by atoms with van der Waals surface area (Å²) in [6.45, 7) is 0. The largest absolute Gasteiger partial charge is 0.506 e. The van der Waals surface area contributed by atoms with Crippen LogP contribution in [0.1, 0.15) is 5.56 Å². The Labute approximate surface area is 115 Å². The highest BCUT2D eigenvalue weighted by atomic mass is 35.5. The van der Waals surface area contributed by atoms with Crippen molar-refractivity contribution in [2.24, 2.45) is 5.10 Å². The predicted molar refractivity (Wildman–Crippen MR) is 75.8 cm³/mol. The van der Waals surface area contributed by atoms with Gasteiger partial charge in [-0.25, -0.2) is 0 Å². The number of phenolic OH excluding ortho intramolecular Hbond substituents is 1. The summed E-state index contributed by atoms with van der Waals surface area (Å²) >= 11 is 11.5. The lowest BCUT2D eigenvalue weighted by Gasteiger charge is -2.00. The average molecular weight is 281 g/mol. The molecule has 0 radical (unpaired) electrons. The summed E-state index contributed by atoms with van der Waals surface area (Å²) in [5.41, 5.74) is 4.48. The molecule has 0 aromatic heterocycles. The third-order valence-corrected chi connectivity index (χ3v) is 2.78. The van der Waals surface area contributed by atoms with E-state index >= 15 is 0 Å². The van der Waals surface area contributed by atoms with Crippen LogP contribution in [0.15, 0.2) is 47.6 Å². The minimum Gasteiger partial charge on any atom is -0.506 e. The molecule has 2 aromatic carbocycles. The van der Waals surface area contributed by atoms with Crippen LogP contribution in [0.2, 0.25) is 10.0 Å². The van der Waals surface area contributed by atoms with E-state index in [2.05, 4.69) is 10.5 Å². The van der Waals surface area contributed by atoms with E-state index in [4.69, 9.17) is 23.2 Å². The second-order valence-electron chi connectivity index (χ2n) is 3.59. The number of nitrogens with zero attached hydrogens (tertiary/aromatic N) is 1. The minimum absolute atomic E-state index is 0.0551. The van der Waals surface area contributed by atoms with Crippen molar-refractivity contribution in [1.82, 2.24) is 0 Å². The van der Waals surface area contributed by atoms with Gasteiger partial charge in [-0.1, -0.05) is 23.2 Å². The van der Waals surface area contributed by atoms with Crippen LogP contribution in [0, 0.1) is 0 Å². The molecule has 0 bridgehead atoms. The lowest BCUT2D eigenvalue weighted by atomic mass is 10.2. The Morgan fingerprint density at radius 2 is 1.78 bits per heavy atom. The Bertz CT molecular complexity index is 568. The van der Waals surface area contributed by atoms with E-state index in [0.29, 0.717) is 10.0 Å². The maximum absolute atomic E-state index is 9.27. The van der Waals surface area contributed by atoms with Crippen molar-refractivity contribution in [2.45, 2.75) is 0 Å². The van der Waals surface area contributed by atoms with Crippen LogP contribution in [0.4, 0.5) is 5.69 Å². The van der Waals surface area contributed by atoms with Gasteiger partial charge in [0.1, 0.15) is 5.75 Å². The zero-order valence-corrected chi connectivity index (χ0v) is 10.8. The van der Waals surface area contributed by atoms with Crippen molar-refractivity contribution in [1.29, 1.82) is 0 Å². The molecule has 3 nitrogen and oxygen atoms in total. The number of halogens is 2. The van der Waals surface area contributed by atoms with Gasteiger partial charge in [-0.15, -0.1) is 0 Å². The smallest absolute Gasteiger partial charge is 0.134 e. The van der Waals surface area contributed by atoms with E-state index in [1.54, 1.807) is 30.5 Å². The molecule has 92 valence electrons. The van der Waals surface area contributed by atoms with Gasteiger partial charge >= 0.3 is 0 Å². The lowest BCUT2D eigenvalue weighted by molar-refractivity contribution is 0.475. The number of phenols is 1. The van der Waals surface area contributed by atoms with E-state index in [0.717, 1.165) is 11.3 Å². The third kappa shape index (κ3) is 3.39. The first-order valence-electron chi connectivity index (χ1n) is 5.18. The summed E-state index contributed by atoms with van der Waals surface area (Å²) < 4.78 is 0. The second kappa shape index (κ2) is 5.76. The topological polar surface area (TPSA) is 44.6 Å². The van der Waals surface area contributed by atoms with Crippen molar-refractivity contribution in [3.8, 4) is 5.75 Å². The molecule has 0 aliphatic rings. The van der Waals surface area contributed by atoms with E-state index < -0.39 is 0 Å². The zero-order chi connectivity index (χ0) is 13.0. The summed E-state index contributed by atoms with van der Waals surface area (Å²) in [6.07, 6.45) is 1.61. The molecule has 0 saturated carbocycles. The molecule has 0 amide bonds. The van der Waals surface area contributed by atoms with Crippen molar-refractivity contribution < 1.29 is 5.11 Å². The molecular formula is C13H10Cl2N2O. The number of anilines is 1. The molecule has 0 unspecified atom stereocenters. The maximum atomic E-state index is 9.27. The van der Waals surface area contributed by atoms with Crippen molar-refractivity contribution in [3.63, 3.8) is 0 Å². The van der Waals surface area contributed by atoms with Gasteiger partial charge in [0.05, 0.1) is 16.9 Å². The Morgan fingerprint density at radius 1 is 1.06 bits per heavy atom. The van der Waals surface area contributed by atoms with Gasteiger partial charge in [-0.05, 0) is 48.0 Å². The van der Waals surface area contributed by atoms with Gasteiger partial charge < -0.3 is 5.11 Å². The van der Waals surface area contributed by atoms with E-state index in [1.807, 2.05) is 12.1 Å². The van der Waals surface area contributed by atoms with Gasteiger partial charge in [0.15, 0.2) is 0 Å². The lowest BCUT2D eigenvalue weighted by Crippen LogP contribution is -1.90. The summed E-state index contributed by atoms with van der Waals surface area (Å²) in [6, 6.07) is 12.1. The van der Waals surface area contributed by atoms with Crippen LogP contribution in [0.5, 0.6) is 5.75 Å². The fourth-order valence-electron chi connectivity index (χ4n) is 1.31. The number of nitrogens with one attached hydrogen (secondary N) is 1. The predicted octanol–water partition coefficient (Wildman–Crippen LogP) is 4.15. The third-order valence-electron chi connectivity index (χ3n) is 2.22. The monoisotopic (exact) mass is 280 g/mol. The molecule has 0 fully saturated rings. The molecular weight excluding hydrogens is 271 g/mol. The highest BCUT2D eigenvalue weighted by Crippen LogP contribution is 2.22. The fraction of sp³-hybridized carbons (Fsp3) is 0. The molecule has 0 atom stereocenters. The Balaban J connectivity index is 2.02. The SMILES string of the molecule is Oc1ccc(C=NNc2ccc(Cl)cc2)cc1Cl. The second-order valence-corrected chi connectivity index (χ2v) is 4.43. The molecule has 0 aliphatic heterocycles. The highest BCUT2D eigenvalue weighted by molar-refractivity contribution is 6.32. The van der Waals surface area contributed by atoms with Gasteiger partial charge in [0.25, 0.3) is 0 Å². The number of aromatic hydroxyl groups is 1. The normalized spacial score (nSPS) is 10.8. The zero-order valence-electron chi connectivity index (χ0n) is 9.27. The standard InChI is InChI=1S/C13H10Cl2N2O/c14-10-2-4-11(5-3-10)17-16-8-9-1-6-13(18)12(15)7-9/h1-8,17-18H. The molecule has 2 rings (SSSR count). The molecule has 0 heterocycles. The summed E-state index contributed by atoms with van der Waals surface area (Å²) in [7, 11) is 0. The number of hydrazone groups is 1. The van der Waals surface area contributed by atoms with E-state index in [-0.39, 0.29) is 5.75 Å². The van der Waals surface area contributed by atoms with Crippen LogP contribution < -0.4 is 5.43 Å². The number of rotatable bonds is 3. The first-order chi connectivity index (χ1) is 8.65. The number of benzene rings is 2. The highest BCUT2D eigenvalue weighted by Gasteiger charge is 1.97. The van der Waals surface area contributed by atoms with Gasteiger partial charge in [0, 0.05) is 5.02 Å². The van der Waals surface area contributed by atoms with Gasteiger partial charge in [-0.2, -0.15) is 5.10 Å². The summed E-state index contributed by atoms with van der Waals surface area (Å²) in [5, 5.41) is 14.3. The Hall–Kier alpha value is -1.71. The van der Waals surface area contributed by atoms with Crippen LogP contribution >= 0.6 is 23.2 Å².